The molecule has 0 saturated carbocycles. The van der Waals surface area contributed by atoms with Crippen molar-refractivity contribution in [2.45, 2.75) is 59.3 Å². The van der Waals surface area contributed by atoms with Gasteiger partial charge in [0, 0.05) is 24.1 Å². The monoisotopic (exact) mass is 391 g/mol. The maximum atomic E-state index is 12.2. The summed E-state index contributed by atoms with van der Waals surface area (Å²) in [4.78, 5) is 16.7. The molecular weight excluding hydrogens is 362 g/mol. The number of hydrogen-bond acceptors (Lipinski definition) is 4. The van der Waals surface area contributed by atoms with Crippen LogP contribution in [0.1, 0.15) is 56.2 Å². The Kier molecular flexibility index (Phi) is 6.16. The fraction of sp³-hybridized carbons (Fsp3) is 0.375. The van der Waals surface area contributed by atoms with Gasteiger partial charge in [-0.2, -0.15) is 4.98 Å². The molecule has 0 aliphatic rings. The molecule has 2 aromatic carbocycles. The highest BCUT2D eigenvalue weighted by molar-refractivity contribution is 5.91. The van der Waals surface area contributed by atoms with Crippen molar-refractivity contribution < 1.29 is 9.32 Å². The van der Waals surface area contributed by atoms with Crippen molar-refractivity contribution in [1.29, 1.82) is 0 Å². The van der Waals surface area contributed by atoms with Crippen LogP contribution in [0.2, 0.25) is 0 Å². The predicted molar refractivity (Wildman–Crippen MR) is 116 cm³/mol. The molecule has 0 saturated heterocycles. The molecule has 1 N–H and O–H groups in total. The molecule has 0 spiro atoms. The minimum Gasteiger partial charge on any atom is -0.339 e. The number of nitrogens with zero attached hydrogens (tertiary/aromatic N) is 2. The fourth-order valence-electron chi connectivity index (χ4n) is 3.16. The molecule has 3 rings (SSSR count). The van der Waals surface area contributed by atoms with Crippen LogP contribution in [0.5, 0.6) is 0 Å². The number of nitrogens with one attached hydrogen (secondary N) is 1. The SMILES string of the molecule is Cc1ccc(NC(=O)CCCc2nc(-c3ccc(C(C)(C)C)cc3)no2)c(C)c1. The molecule has 1 heterocycles. The zero-order valence-electron chi connectivity index (χ0n) is 17.9. The Balaban J connectivity index is 1.52. The number of benzene rings is 2. The van der Waals surface area contributed by atoms with Crippen LogP contribution in [0.25, 0.3) is 11.4 Å². The van der Waals surface area contributed by atoms with Crippen LogP contribution >= 0.6 is 0 Å². The minimum absolute atomic E-state index is 0.00513. The normalized spacial score (nSPS) is 11.5. The summed E-state index contributed by atoms with van der Waals surface area (Å²) in [5.41, 5.74) is 5.41. The van der Waals surface area contributed by atoms with Crippen LogP contribution in [0.3, 0.4) is 0 Å². The van der Waals surface area contributed by atoms with Crippen molar-refractivity contribution in [2.24, 2.45) is 0 Å². The van der Waals surface area contributed by atoms with Gasteiger partial charge in [-0.15, -0.1) is 0 Å². The third-order valence-corrected chi connectivity index (χ3v) is 4.93. The van der Waals surface area contributed by atoms with E-state index in [2.05, 4.69) is 54.4 Å². The van der Waals surface area contributed by atoms with Gasteiger partial charge < -0.3 is 9.84 Å². The van der Waals surface area contributed by atoms with E-state index >= 15 is 0 Å². The highest BCUT2D eigenvalue weighted by Gasteiger charge is 2.15. The molecule has 5 heteroatoms. The van der Waals surface area contributed by atoms with Gasteiger partial charge >= 0.3 is 0 Å². The summed E-state index contributed by atoms with van der Waals surface area (Å²) in [5.74, 6) is 1.13. The number of carbonyl (C=O) groups excluding carboxylic acids is 1. The molecule has 29 heavy (non-hydrogen) atoms. The molecule has 0 unspecified atom stereocenters. The predicted octanol–water partition coefficient (Wildman–Crippen LogP) is 5.61. The second-order valence-electron chi connectivity index (χ2n) is 8.56. The van der Waals surface area contributed by atoms with Crippen LogP contribution in [-0.4, -0.2) is 16.0 Å². The summed E-state index contributed by atoms with van der Waals surface area (Å²) < 4.78 is 5.36. The van der Waals surface area contributed by atoms with E-state index in [1.807, 2.05) is 38.1 Å². The van der Waals surface area contributed by atoms with Crippen LogP contribution in [-0.2, 0) is 16.6 Å². The molecular formula is C24H29N3O2. The van der Waals surface area contributed by atoms with Crippen LogP contribution in [0, 0.1) is 13.8 Å². The van der Waals surface area contributed by atoms with Crippen LogP contribution in [0.4, 0.5) is 5.69 Å². The van der Waals surface area contributed by atoms with E-state index in [1.54, 1.807) is 0 Å². The number of aromatic nitrogens is 2. The topological polar surface area (TPSA) is 68.0 Å². The zero-order valence-corrected chi connectivity index (χ0v) is 17.9. The van der Waals surface area contributed by atoms with E-state index in [-0.39, 0.29) is 11.3 Å². The molecule has 0 atom stereocenters. The van der Waals surface area contributed by atoms with E-state index in [0.717, 1.165) is 16.8 Å². The van der Waals surface area contributed by atoms with E-state index in [1.165, 1.54) is 11.1 Å². The molecule has 0 aliphatic carbocycles. The number of aryl methyl sites for hydroxylation is 3. The maximum absolute atomic E-state index is 12.2. The van der Waals surface area contributed by atoms with E-state index in [4.69, 9.17) is 4.52 Å². The maximum Gasteiger partial charge on any atom is 0.226 e. The van der Waals surface area contributed by atoms with Gasteiger partial charge in [-0.1, -0.05) is 67.9 Å². The molecule has 0 fully saturated rings. The number of rotatable bonds is 6. The van der Waals surface area contributed by atoms with Crippen molar-refractivity contribution in [2.75, 3.05) is 5.32 Å². The summed E-state index contributed by atoms with van der Waals surface area (Å²) in [6, 6.07) is 14.2. The average Bonchev–Trinajstić information content (AvgIpc) is 3.12. The lowest BCUT2D eigenvalue weighted by Gasteiger charge is -2.18. The Labute approximate surface area is 172 Å². The minimum atomic E-state index is -0.00513. The van der Waals surface area contributed by atoms with Gasteiger partial charge in [0.15, 0.2) is 0 Å². The Morgan fingerprint density at radius 1 is 1.07 bits per heavy atom. The fourth-order valence-corrected chi connectivity index (χ4v) is 3.16. The summed E-state index contributed by atoms with van der Waals surface area (Å²) in [5, 5.41) is 7.04. The first-order valence-electron chi connectivity index (χ1n) is 10.0. The van der Waals surface area contributed by atoms with Crippen molar-refractivity contribution in [1.82, 2.24) is 10.1 Å². The summed E-state index contributed by atoms with van der Waals surface area (Å²) in [6.45, 7) is 10.6. The van der Waals surface area contributed by atoms with Crippen molar-refractivity contribution in [3.63, 3.8) is 0 Å². The smallest absolute Gasteiger partial charge is 0.226 e. The van der Waals surface area contributed by atoms with Gasteiger partial charge in [0.2, 0.25) is 17.6 Å². The Morgan fingerprint density at radius 3 is 2.45 bits per heavy atom. The lowest BCUT2D eigenvalue weighted by molar-refractivity contribution is -0.116. The van der Waals surface area contributed by atoms with E-state index in [9.17, 15) is 4.79 Å². The quantitative estimate of drug-likeness (QED) is 0.593. The van der Waals surface area contributed by atoms with Crippen molar-refractivity contribution >= 4 is 11.6 Å². The third kappa shape index (κ3) is 5.53. The van der Waals surface area contributed by atoms with Gasteiger partial charge in [0.05, 0.1) is 0 Å². The highest BCUT2D eigenvalue weighted by atomic mass is 16.5. The Bertz CT molecular complexity index is 982. The Hall–Kier alpha value is -2.95. The molecule has 1 amide bonds. The largest absolute Gasteiger partial charge is 0.339 e. The number of anilines is 1. The zero-order chi connectivity index (χ0) is 21.0. The number of hydrogen-bond donors (Lipinski definition) is 1. The van der Waals surface area contributed by atoms with Crippen LogP contribution in [0.15, 0.2) is 47.0 Å². The molecule has 0 aliphatic heterocycles. The summed E-state index contributed by atoms with van der Waals surface area (Å²) >= 11 is 0. The third-order valence-electron chi connectivity index (χ3n) is 4.93. The molecule has 5 nitrogen and oxygen atoms in total. The second-order valence-corrected chi connectivity index (χ2v) is 8.56. The molecule has 0 radical (unpaired) electrons. The lowest BCUT2D eigenvalue weighted by atomic mass is 9.87. The van der Waals surface area contributed by atoms with E-state index in [0.29, 0.717) is 31.0 Å². The van der Waals surface area contributed by atoms with Gasteiger partial charge in [-0.05, 0) is 42.9 Å². The lowest BCUT2D eigenvalue weighted by Crippen LogP contribution is -2.12. The number of carbonyl (C=O) groups is 1. The Morgan fingerprint density at radius 2 is 1.79 bits per heavy atom. The molecule has 0 bridgehead atoms. The first kappa shape index (κ1) is 20.8. The van der Waals surface area contributed by atoms with Crippen molar-refractivity contribution in [3.8, 4) is 11.4 Å². The average molecular weight is 392 g/mol. The first-order chi connectivity index (χ1) is 13.7. The van der Waals surface area contributed by atoms with Gasteiger partial charge in [-0.3, -0.25) is 4.79 Å². The highest BCUT2D eigenvalue weighted by Crippen LogP contribution is 2.25. The molecule has 152 valence electrons. The summed E-state index contributed by atoms with van der Waals surface area (Å²) in [6.07, 6.45) is 1.64. The van der Waals surface area contributed by atoms with Gasteiger partial charge in [0.1, 0.15) is 0 Å². The standard InChI is InChI=1S/C24H29N3O2/c1-16-9-14-20(17(2)15-16)25-21(28)7-6-8-22-26-23(27-29-22)18-10-12-19(13-11-18)24(3,4)5/h9-15H,6-8H2,1-5H3,(H,25,28). The van der Waals surface area contributed by atoms with Gasteiger partial charge in [0.25, 0.3) is 0 Å². The van der Waals surface area contributed by atoms with Gasteiger partial charge in [-0.25, -0.2) is 0 Å². The number of amides is 1. The molecule has 3 aromatic rings. The first-order valence-corrected chi connectivity index (χ1v) is 10.0. The van der Waals surface area contributed by atoms with E-state index < -0.39 is 0 Å². The molecule has 1 aromatic heterocycles. The van der Waals surface area contributed by atoms with Crippen LogP contribution < -0.4 is 5.32 Å². The van der Waals surface area contributed by atoms with Crippen molar-refractivity contribution in [3.05, 3.63) is 65.0 Å². The summed E-state index contributed by atoms with van der Waals surface area (Å²) in [7, 11) is 0. The second kappa shape index (κ2) is 8.60.